The third-order valence-electron chi connectivity index (χ3n) is 1.27. The molecule has 15 heavy (non-hydrogen) atoms. The molecular formula is C9H12O6. The van der Waals surface area contributed by atoms with E-state index < -0.39 is 24.0 Å². The average molecular weight is 216 g/mol. The number of esters is 2. The Labute approximate surface area is 86.5 Å². The molecule has 0 amide bonds. The van der Waals surface area contributed by atoms with Crippen molar-refractivity contribution in [2.45, 2.75) is 20.0 Å². The molecule has 6 nitrogen and oxygen atoms in total. The fraction of sp³-hybridized carbons (Fsp3) is 0.444. The molecule has 0 aromatic carbocycles. The van der Waals surface area contributed by atoms with Crippen LogP contribution in [0.4, 0.5) is 0 Å². The van der Waals surface area contributed by atoms with Gasteiger partial charge in [-0.25, -0.2) is 14.4 Å². The molecule has 6 heteroatoms. The van der Waals surface area contributed by atoms with E-state index in [-0.39, 0.29) is 6.61 Å². The van der Waals surface area contributed by atoms with Gasteiger partial charge in [-0.1, -0.05) is 0 Å². The normalized spacial score (nSPS) is 12.1. The fourth-order valence-electron chi connectivity index (χ4n) is 0.661. The Morgan fingerprint density at radius 1 is 1.33 bits per heavy atom. The summed E-state index contributed by atoms with van der Waals surface area (Å²) < 4.78 is 9.13. The van der Waals surface area contributed by atoms with Crippen LogP contribution in [0, 0.1) is 0 Å². The van der Waals surface area contributed by atoms with Gasteiger partial charge in [-0.15, -0.1) is 0 Å². The zero-order chi connectivity index (χ0) is 11.8. The number of carbonyl (C=O) groups excluding carboxylic acids is 2. The van der Waals surface area contributed by atoms with Crippen molar-refractivity contribution in [3.8, 4) is 0 Å². The average Bonchev–Trinajstić information content (AvgIpc) is 2.15. The number of aliphatic carboxylic acids is 1. The maximum Gasteiger partial charge on any atom is 0.347 e. The monoisotopic (exact) mass is 216 g/mol. The highest BCUT2D eigenvalue weighted by molar-refractivity contribution is 5.91. The van der Waals surface area contributed by atoms with Crippen molar-refractivity contribution >= 4 is 17.9 Å². The molecule has 1 N–H and O–H groups in total. The molecule has 0 aliphatic heterocycles. The van der Waals surface area contributed by atoms with Gasteiger partial charge in [-0.3, -0.25) is 0 Å². The maximum atomic E-state index is 11.0. The number of carbonyl (C=O) groups is 3. The molecule has 0 bridgehead atoms. The Morgan fingerprint density at radius 3 is 2.40 bits per heavy atom. The molecule has 0 heterocycles. The van der Waals surface area contributed by atoms with E-state index >= 15 is 0 Å². The van der Waals surface area contributed by atoms with Gasteiger partial charge in [0.1, 0.15) is 0 Å². The molecule has 1 unspecified atom stereocenters. The molecular weight excluding hydrogens is 204 g/mol. The van der Waals surface area contributed by atoms with Crippen molar-refractivity contribution in [1.82, 2.24) is 0 Å². The van der Waals surface area contributed by atoms with Crippen LogP contribution >= 0.6 is 0 Å². The van der Waals surface area contributed by atoms with Crippen LogP contribution in [0.2, 0.25) is 0 Å². The Morgan fingerprint density at radius 2 is 1.93 bits per heavy atom. The van der Waals surface area contributed by atoms with E-state index in [2.05, 4.69) is 9.47 Å². The molecule has 0 aliphatic rings. The van der Waals surface area contributed by atoms with Crippen molar-refractivity contribution in [2.75, 3.05) is 6.61 Å². The summed E-state index contributed by atoms with van der Waals surface area (Å²) in [4.78, 5) is 31.9. The highest BCUT2D eigenvalue weighted by Gasteiger charge is 2.17. The maximum absolute atomic E-state index is 11.0. The van der Waals surface area contributed by atoms with E-state index in [0.29, 0.717) is 6.08 Å². The lowest BCUT2D eigenvalue weighted by atomic mass is 10.4. The van der Waals surface area contributed by atoms with Gasteiger partial charge in [0, 0.05) is 12.2 Å². The van der Waals surface area contributed by atoms with Crippen molar-refractivity contribution in [1.29, 1.82) is 0 Å². The van der Waals surface area contributed by atoms with Crippen LogP contribution in [-0.2, 0) is 23.9 Å². The molecule has 0 aromatic rings. The van der Waals surface area contributed by atoms with Crippen molar-refractivity contribution in [3.63, 3.8) is 0 Å². The summed E-state index contributed by atoms with van der Waals surface area (Å²) in [7, 11) is 0. The predicted octanol–water partition coefficient (Wildman–Crippen LogP) is 0.122. The quantitative estimate of drug-likeness (QED) is 0.518. The SMILES string of the molecule is CCOC(=O)C(C)OC(=O)/C=C\C(=O)O. The van der Waals surface area contributed by atoms with Gasteiger partial charge in [0.2, 0.25) is 0 Å². The summed E-state index contributed by atoms with van der Waals surface area (Å²) >= 11 is 0. The van der Waals surface area contributed by atoms with Crippen molar-refractivity contribution in [2.24, 2.45) is 0 Å². The Bertz CT molecular complexity index is 280. The van der Waals surface area contributed by atoms with E-state index in [0.717, 1.165) is 6.08 Å². The lowest BCUT2D eigenvalue weighted by Crippen LogP contribution is -2.25. The lowest BCUT2D eigenvalue weighted by Gasteiger charge is -2.09. The molecule has 0 aromatic heterocycles. The predicted molar refractivity (Wildman–Crippen MR) is 49.0 cm³/mol. The first-order valence-electron chi connectivity index (χ1n) is 4.25. The highest BCUT2D eigenvalue weighted by atomic mass is 16.6. The van der Waals surface area contributed by atoms with E-state index in [1.807, 2.05) is 0 Å². The molecule has 0 saturated heterocycles. The standard InChI is InChI=1S/C9H12O6/c1-3-14-9(13)6(2)15-8(12)5-4-7(10)11/h4-6H,3H2,1-2H3,(H,10,11)/b5-4-. The van der Waals surface area contributed by atoms with E-state index in [1.54, 1.807) is 6.92 Å². The first-order chi connectivity index (χ1) is 6.97. The van der Waals surface area contributed by atoms with E-state index in [9.17, 15) is 14.4 Å². The minimum Gasteiger partial charge on any atom is -0.478 e. The van der Waals surface area contributed by atoms with Crippen molar-refractivity contribution < 1.29 is 29.0 Å². The van der Waals surface area contributed by atoms with Gasteiger partial charge in [0.15, 0.2) is 6.10 Å². The smallest absolute Gasteiger partial charge is 0.347 e. The van der Waals surface area contributed by atoms with Crippen LogP contribution in [0.1, 0.15) is 13.8 Å². The fourth-order valence-corrected chi connectivity index (χ4v) is 0.661. The number of hydrogen-bond acceptors (Lipinski definition) is 5. The van der Waals surface area contributed by atoms with Gasteiger partial charge in [-0.05, 0) is 13.8 Å². The molecule has 0 rings (SSSR count). The molecule has 1 atom stereocenters. The van der Waals surface area contributed by atoms with E-state index in [1.165, 1.54) is 6.92 Å². The lowest BCUT2D eigenvalue weighted by molar-refractivity contribution is -0.163. The van der Waals surface area contributed by atoms with Crippen LogP contribution in [0.3, 0.4) is 0 Å². The van der Waals surface area contributed by atoms with Crippen LogP contribution < -0.4 is 0 Å². The van der Waals surface area contributed by atoms with E-state index in [4.69, 9.17) is 5.11 Å². The molecule has 84 valence electrons. The highest BCUT2D eigenvalue weighted by Crippen LogP contribution is 1.96. The van der Waals surface area contributed by atoms with Crippen LogP contribution in [-0.4, -0.2) is 35.7 Å². The summed E-state index contributed by atoms with van der Waals surface area (Å²) in [5, 5.41) is 8.20. The summed E-state index contributed by atoms with van der Waals surface area (Å²) in [5.41, 5.74) is 0. The number of hydrogen-bond donors (Lipinski definition) is 1. The molecule has 0 spiro atoms. The molecule has 0 fully saturated rings. The van der Waals surface area contributed by atoms with Gasteiger partial charge in [0.25, 0.3) is 0 Å². The number of rotatable bonds is 5. The summed E-state index contributed by atoms with van der Waals surface area (Å²) in [6, 6.07) is 0. The second kappa shape index (κ2) is 6.58. The van der Waals surface area contributed by atoms with Gasteiger partial charge < -0.3 is 14.6 Å². The van der Waals surface area contributed by atoms with Crippen LogP contribution in [0.15, 0.2) is 12.2 Å². The third kappa shape index (κ3) is 6.25. The minimum atomic E-state index is -1.27. The first-order valence-corrected chi connectivity index (χ1v) is 4.25. The Balaban J connectivity index is 4.06. The summed E-state index contributed by atoms with van der Waals surface area (Å²) in [6.07, 6.45) is 0.300. The number of carboxylic acid groups (broad SMARTS) is 1. The largest absolute Gasteiger partial charge is 0.478 e. The first kappa shape index (κ1) is 13.2. The van der Waals surface area contributed by atoms with Crippen molar-refractivity contribution in [3.05, 3.63) is 12.2 Å². The summed E-state index contributed by atoms with van der Waals surface area (Å²) in [6.45, 7) is 3.15. The minimum absolute atomic E-state index is 0.186. The molecule has 0 radical (unpaired) electrons. The molecule has 0 aliphatic carbocycles. The number of ether oxygens (including phenoxy) is 2. The third-order valence-corrected chi connectivity index (χ3v) is 1.27. The molecule has 0 saturated carbocycles. The van der Waals surface area contributed by atoms with Crippen LogP contribution in [0.25, 0.3) is 0 Å². The van der Waals surface area contributed by atoms with Crippen LogP contribution in [0.5, 0.6) is 0 Å². The Hall–Kier alpha value is -1.85. The van der Waals surface area contributed by atoms with Gasteiger partial charge in [-0.2, -0.15) is 0 Å². The van der Waals surface area contributed by atoms with Gasteiger partial charge in [0.05, 0.1) is 6.61 Å². The second-order valence-electron chi connectivity index (χ2n) is 2.50. The Kier molecular flexibility index (Phi) is 5.77. The zero-order valence-electron chi connectivity index (χ0n) is 8.43. The zero-order valence-corrected chi connectivity index (χ0v) is 8.43. The number of carboxylic acids is 1. The summed E-state index contributed by atoms with van der Waals surface area (Å²) in [5.74, 6) is -2.84. The topological polar surface area (TPSA) is 89.9 Å². The second-order valence-corrected chi connectivity index (χ2v) is 2.50. The van der Waals surface area contributed by atoms with Gasteiger partial charge >= 0.3 is 17.9 Å².